The lowest BCUT2D eigenvalue weighted by Gasteiger charge is -2.22. The first kappa shape index (κ1) is 17.9. The van der Waals surface area contributed by atoms with E-state index >= 15 is 0 Å². The Morgan fingerprint density at radius 2 is 1.65 bits per heavy atom. The molecule has 0 aromatic rings. The van der Waals surface area contributed by atoms with Gasteiger partial charge in [-0.1, -0.05) is 59.2 Å². The Hall–Kier alpha value is 0.920. The largest absolute Gasteiger partial charge is 0.338 e. The molecule has 0 rings (SSSR count). The van der Waals surface area contributed by atoms with Crippen molar-refractivity contribution in [2.75, 3.05) is 0 Å². The molecule has 0 aromatic carbocycles. The minimum atomic E-state index is -2.82. The lowest BCUT2D eigenvalue weighted by molar-refractivity contribution is 0.166. The van der Waals surface area contributed by atoms with Crippen LogP contribution in [0.15, 0.2) is 0 Å². The van der Waals surface area contributed by atoms with Crippen LogP contribution in [0.4, 0.5) is 0 Å². The molecule has 0 radical (unpaired) electrons. The lowest BCUT2D eigenvalue weighted by atomic mass is 9.99. The van der Waals surface area contributed by atoms with Crippen LogP contribution in [0.5, 0.6) is 0 Å². The Bertz CT molecular complexity index is 239. The Kier molecular flexibility index (Phi) is 9.41. The number of hydrogen-bond acceptors (Lipinski definition) is 2. The van der Waals surface area contributed by atoms with Gasteiger partial charge in [0.25, 0.3) is 0 Å². The van der Waals surface area contributed by atoms with Crippen molar-refractivity contribution in [3.63, 3.8) is 0 Å². The molecule has 0 fully saturated rings. The number of hydrogen-bond donors (Lipinski definition) is 2. The molecule has 0 amide bonds. The quantitative estimate of drug-likeness (QED) is 0.365. The summed E-state index contributed by atoms with van der Waals surface area (Å²) in [5, 5.41) is 0. The predicted octanol–water partition coefficient (Wildman–Crippen LogP) is 4.78. The van der Waals surface area contributed by atoms with Crippen molar-refractivity contribution >= 4 is 29.7 Å². The van der Waals surface area contributed by atoms with Gasteiger partial charge in [0.1, 0.15) is 0 Å². The molecule has 0 aliphatic carbocycles. The van der Waals surface area contributed by atoms with Crippen LogP contribution in [-0.2, 0) is 16.3 Å². The Morgan fingerprint density at radius 3 is 2.06 bits per heavy atom. The van der Waals surface area contributed by atoms with Crippen LogP contribution in [0.25, 0.3) is 0 Å². The first-order valence-corrected chi connectivity index (χ1v) is 10.3. The summed E-state index contributed by atoms with van der Waals surface area (Å²) in [5.41, 5.74) is -2.82. The average molecular weight is 298 g/mol. The van der Waals surface area contributed by atoms with E-state index in [1.54, 1.807) is 0 Å². The molecule has 0 aliphatic rings. The van der Waals surface area contributed by atoms with Gasteiger partial charge in [-0.05, 0) is 36.5 Å². The molecule has 0 heterocycles. The molecule has 0 aromatic heterocycles. The summed E-state index contributed by atoms with van der Waals surface area (Å²) in [7, 11) is 0. The standard InChI is InChI=1S/C12H27O2PS2/c1-10(2)7-5-6-8-12(9-11(3)4)14-15(13,16)17/h10-12H,5-9H2,1-4H3,(H2,13,16,17). The fourth-order valence-electron chi connectivity index (χ4n) is 1.86. The van der Waals surface area contributed by atoms with Crippen LogP contribution < -0.4 is 0 Å². The summed E-state index contributed by atoms with van der Waals surface area (Å²) >= 11 is 8.80. The zero-order chi connectivity index (χ0) is 13.5. The molecule has 17 heavy (non-hydrogen) atoms. The molecular formula is C12H27O2PS2. The molecule has 0 spiro atoms. The van der Waals surface area contributed by atoms with Gasteiger partial charge in [-0.3, -0.25) is 0 Å². The van der Waals surface area contributed by atoms with Crippen molar-refractivity contribution in [1.82, 2.24) is 0 Å². The topological polar surface area (TPSA) is 29.5 Å². The number of thiol groups is 1. The van der Waals surface area contributed by atoms with E-state index in [9.17, 15) is 4.89 Å². The monoisotopic (exact) mass is 298 g/mol. The highest BCUT2D eigenvalue weighted by Gasteiger charge is 2.18. The van der Waals surface area contributed by atoms with Gasteiger partial charge in [-0.15, -0.1) is 0 Å². The third kappa shape index (κ3) is 13.2. The lowest BCUT2D eigenvalue weighted by Crippen LogP contribution is -2.13. The second kappa shape index (κ2) is 8.92. The molecule has 0 saturated carbocycles. The van der Waals surface area contributed by atoms with E-state index in [1.807, 2.05) is 0 Å². The fourth-order valence-corrected chi connectivity index (χ4v) is 3.20. The maximum Gasteiger partial charge on any atom is 0.241 e. The van der Waals surface area contributed by atoms with Crippen molar-refractivity contribution in [2.45, 2.75) is 65.9 Å². The third-order valence-corrected chi connectivity index (χ3v) is 3.69. The Labute approximate surface area is 117 Å². The number of rotatable bonds is 9. The van der Waals surface area contributed by atoms with Crippen molar-refractivity contribution in [1.29, 1.82) is 0 Å². The van der Waals surface area contributed by atoms with Gasteiger partial charge >= 0.3 is 0 Å². The van der Waals surface area contributed by atoms with Gasteiger partial charge in [0.05, 0.1) is 6.10 Å². The summed E-state index contributed by atoms with van der Waals surface area (Å²) in [6.07, 6.45) is 5.60. The zero-order valence-corrected chi connectivity index (χ0v) is 14.0. The highest BCUT2D eigenvalue weighted by molar-refractivity contribution is 8.59. The van der Waals surface area contributed by atoms with E-state index in [0.29, 0.717) is 5.92 Å². The van der Waals surface area contributed by atoms with Crippen LogP contribution >= 0.6 is 17.9 Å². The van der Waals surface area contributed by atoms with Crippen LogP contribution in [0.3, 0.4) is 0 Å². The van der Waals surface area contributed by atoms with E-state index in [0.717, 1.165) is 25.2 Å². The van der Waals surface area contributed by atoms with E-state index in [4.69, 9.17) is 16.3 Å². The molecule has 104 valence electrons. The molecule has 5 heteroatoms. The summed E-state index contributed by atoms with van der Waals surface area (Å²) in [6.45, 7) is 8.79. The molecule has 0 saturated heterocycles. The van der Waals surface area contributed by atoms with Gasteiger partial charge in [-0.2, -0.15) is 0 Å². The van der Waals surface area contributed by atoms with E-state index in [1.165, 1.54) is 12.8 Å². The summed E-state index contributed by atoms with van der Waals surface area (Å²) in [6, 6.07) is 0. The zero-order valence-electron chi connectivity index (χ0n) is 11.4. The van der Waals surface area contributed by atoms with Crippen LogP contribution in [0, 0.1) is 11.8 Å². The smallest absolute Gasteiger partial charge is 0.241 e. The van der Waals surface area contributed by atoms with Crippen LogP contribution in [0.2, 0.25) is 0 Å². The van der Waals surface area contributed by atoms with E-state index < -0.39 is 5.69 Å². The molecular weight excluding hydrogens is 271 g/mol. The first-order chi connectivity index (χ1) is 7.70. The summed E-state index contributed by atoms with van der Waals surface area (Å²) in [4.78, 5) is 9.51. The second-order valence-electron chi connectivity index (χ2n) is 5.53. The Morgan fingerprint density at radius 1 is 1.12 bits per heavy atom. The van der Waals surface area contributed by atoms with E-state index in [2.05, 4.69) is 39.9 Å². The molecule has 0 bridgehead atoms. The number of unbranched alkanes of at least 4 members (excludes halogenated alkanes) is 1. The van der Waals surface area contributed by atoms with Gasteiger partial charge in [0.15, 0.2) is 0 Å². The van der Waals surface area contributed by atoms with Crippen LogP contribution in [0.1, 0.15) is 59.8 Å². The fraction of sp³-hybridized carbons (Fsp3) is 1.00. The maximum atomic E-state index is 9.51. The average Bonchev–Trinajstić information content (AvgIpc) is 2.08. The maximum absolute atomic E-state index is 9.51. The van der Waals surface area contributed by atoms with Crippen molar-refractivity contribution in [3.05, 3.63) is 0 Å². The Balaban J connectivity index is 3.98. The molecule has 2 atom stereocenters. The van der Waals surface area contributed by atoms with Gasteiger partial charge in [0, 0.05) is 0 Å². The van der Waals surface area contributed by atoms with Crippen molar-refractivity contribution in [3.8, 4) is 0 Å². The highest BCUT2D eigenvalue weighted by atomic mass is 32.9. The third-order valence-electron chi connectivity index (χ3n) is 2.58. The SMILES string of the molecule is CC(C)CCCCC(CC(C)C)OP(O)(=S)S. The van der Waals surface area contributed by atoms with Crippen LogP contribution in [-0.4, -0.2) is 11.0 Å². The van der Waals surface area contributed by atoms with Gasteiger partial charge in [0.2, 0.25) is 5.69 Å². The first-order valence-electron chi connectivity index (χ1n) is 6.44. The molecule has 1 N–H and O–H groups in total. The second-order valence-corrected chi connectivity index (χ2v) is 10.6. The van der Waals surface area contributed by atoms with Gasteiger partial charge < -0.3 is 9.42 Å². The highest BCUT2D eigenvalue weighted by Crippen LogP contribution is 2.49. The van der Waals surface area contributed by atoms with Crippen molar-refractivity contribution in [2.24, 2.45) is 11.8 Å². The normalized spacial score (nSPS) is 17.4. The van der Waals surface area contributed by atoms with Gasteiger partial charge in [-0.25, -0.2) is 0 Å². The summed E-state index contributed by atoms with van der Waals surface area (Å²) in [5.74, 6) is 1.31. The minimum Gasteiger partial charge on any atom is -0.338 e. The predicted molar refractivity (Wildman–Crippen MR) is 83.1 cm³/mol. The summed E-state index contributed by atoms with van der Waals surface area (Å²) < 4.78 is 5.50. The van der Waals surface area contributed by atoms with E-state index in [-0.39, 0.29) is 6.10 Å². The molecule has 2 nitrogen and oxygen atoms in total. The van der Waals surface area contributed by atoms with Crippen molar-refractivity contribution < 1.29 is 9.42 Å². The minimum absolute atomic E-state index is 0.0653. The molecule has 0 aliphatic heterocycles. The molecule has 2 unspecified atom stereocenters.